The molecule has 10 nitrogen and oxygen atoms in total. The zero-order valence-corrected chi connectivity index (χ0v) is 20.1. The highest BCUT2D eigenvalue weighted by Crippen LogP contribution is 2.33. The molecule has 0 bridgehead atoms. The summed E-state index contributed by atoms with van der Waals surface area (Å²) in [5, 5.41) is 4.52. The standard InChI is InChI=1S/C27H22N8O2/c1-16(34-25-23(29-2)24(28)32-15-33-25)21-12-17-8-7-11-20(18-13-30-27(37-3)31-14-18)22(17)26(36)35(21)19-9-5-4-6-10-19/h4-16H,1,3H3,(H3,28,32,33,34)/t16-/m0/s1. The molecule has 0 spiro atoms. The number of methoxy groups -OCH3 is 1. The van der Waals surface area contributed by atoms with Crippen LogP contribution in [0.2, 0.25) is 0 Å². The topological polar surface area (TPSA) is 125 Å². The second-order valence-corrected chi connectivity index (χ2v) is 8.21. The van der Waals surface area contributed by atoms with E-state index < -0.39 is 6.04 Å². The van der Waals surface area contributed by atoms with E-state index in [-0.39, 0.29) is 23.1 Å². The highest BCUT2D eigenvalue weighted by molar-refractivity contribution is 5.96. The minimum absolute atomic E-state index is 0.0880. The maximum atomic E-state index is 14.2. The molecule has 0 unspecified atom stereocenters. The second kappa shape index (κ2) is 9.75. The summed E-state index contributed by atoms with van der Waals surface area (Å²) >= 11 is 0. The third-order valence-corrected chi connectivity index (χ3v) is 5.97. The van der Waals surface area contributed by atoms with Crippen molar-refractivity contribution in [3.63, 3.8) is 0 Å². The van der Waals surface area contributed by atoms with E-state index in [9.17, 15) is 4.79 Å². The fourth-order valence-electron chi connectivity index (χ4n) is 4.23. The first-order chi connectivity index (χ1) is 18.0. The van der Waals surface area contributed by atoms with Gasteiger partial charge in [-0.25, -0.2) is 24.8 Å². The molecule has 3 aromatic heterocycles. The van der Waals surface area contributed by atoms with Crippen LogP contribution >= 0.6 is 0 Å². The van der Waals surface area contributed by atoms with Crippen molar-refractivity contribution in [3.8, 4) is 22.8 Å². The van der Waals surface area contributed by atoms with Gasteiger partial charge in [-0.05, 0) is 36.1 Å². The van der Waals surface area contributed by atoms with Crippen molar-refractivity contribution in [1.29, 1.82) is 0 Å². The molecule has 0 aliphatic rings. The molecule has 10 heteroatoms. The van der Waals surface area contributed by atoms with Crippen molar-refractivity contribution in [2.45, 2.75) is 13.0 Å². The van der Waals surface area contributed by atoms with Gasteiger partial charge >= 0.3 is 6.01 Å². The SMILES string of the molecule is [C-]#[N+]c1c(N)ncnc1N[C@@H](C)c1cc2cccc(-c3cnc(OC)nc3)c2c(=O)n1-c1ccccc1. The number of nitrogen functional groups attached to an aromatic ring is 1. The Morgan fingerprint density at radius 2 is 1.81 bits per heavy atom. The quantitative estimate of drug-likeness (QED) is 0.332. The van der Waals surface area contributed by atoms with Gasteiger partial charge in [-0.3, -0.25) is 9.36 Å². The summed E-state index contributed by atoms with van der Waals surface area (Å²) in [6.45, 7) is 9.37. The Bertz CT molecular complexity index is 1690. The van der Waals surface area contributed by atoms with Crippen LogP contribution in [-0.2, 0) is 0 Å². The molecule has 0 saturated heterocycles. The van der Waals surface area contributed by atoms with Gasteiger partial charge in [-0.15, -0.1) is 0 Å². The first-order valence-electron chi connectivity index (χ1n) is 11.4. The number of benzene rings is 2. The van der Waals surface area contributed by atoms with Crippen LogP contribution in [0.25, 0.3) is 32.4 Å². The van der Waals surface area contributed by atoms with E-state index in [0.29, 0.717) is 33.7 Å². The average Bonchev–Trinajstić information content (AvgIpc) is 2.93. The number of para-hydroxylation sites is 1. The lowest BCUT2D eigenvalue weighted by Gasteiger charge is -2.22. The van der Waals surface area contributed by atoms with Crippen molar-refractivity contribution in [3.05, 3.63) is 101 Å². The third kappa shape index (κ3) is 4.30. The maximum absolute atomic E-state index is 14.2. The molecule has 5 rings (SSSR count). The number of hydrogen-bond donors (Lipinski definition) is 2. The van der Waals surface area contributed by atoms with E-state index in [1.54, 1.807) is 17.0 Å². The molecule has 3 N–H and O–H groups in total. The number of rotatable bonds is 6. The first kappa shape index (κ1) is 23.4. The van der Waals surface area contributed by atoms with Crippen molar-refractivity contribution >= 4 is 28.1 Å². The summed E-state index contributed by atoms with van der Waals surface area (Å²) in [4.78, 5) is 34.2. The number of pyridine rings is 1. The van der Waals surface area contributed by atoms with Crippen LogP contribution in [0.5, 0.6) is 6.01 Å². The number of fused-ring (bicyclic) bond motifs is 1. The van der Waals surface area contributed by atoms with Crippen LogP contribution in [0, 0.1) is 6.57 Å². The predicted octanol–water partition coefficient (Wildman–Crippen LogP) is 4.55. The maximum Gasteiger partial charge on any atom is 0.316 e. The van der Waals surface area contributed by atoms with E-state index in [1.165, 1.54) is 13.4 Å². The minimum Gasteiger partial charge on any atom is -0.467 e. The number of anilines is 2. The van der Waals surface area contributed by atoms with Crippen molar-refractivity contribution in [1.82, 2.24) is 24.5 Å². The Labute approximate surface area is 212 Å². The van der Waals surface area contributed by atoms with E-state index >= 15 is 0 Å². The number of ether oxygens (including phenoxy) is 1. The second-order valence-electron chi connectivity index (χ2n) is 8.21. The molecule has 182 valence electrons. The smallest absolute Gasteiger partial charge is 0.316 e. The lowest BCUT2D eigenvalue weighted by Crippen LogP contribution is -2.26. The van der Waals surface area contributed by atoms with Gasteiger partial charge in [0.15, 0.2) is 0 Å². The molecule has 0 radical (unpaired) electrons. The molecule has 1 atom stereocenters. The van der Waals surface area contributed by atoms with E-state index in [0.717, 1.165) is 5.39 Å². The van der Waals surface area contributed by atoms with Crippen LogP contribution in [0.15, 0.2) is 78.1 Å². The average molecular weight is 491 g/mol. The van der Waals surface area contributed by atoms with E-state index in [1.807, 2.05) is 61.5 Å². The van der Waals surface area contributed by atoms with Crippen molar-refractivity contribution < 1.29 is 4.74 Å². The number of nitrogens with one attached hydrogen (secondary N) is 1. The van der Waals surface area contributed by atoms with Gasteiger partial charge in [0.25, 0.3) is 11.2 Å². The summed E-state index contributed by atoms with van der Waals surface area (Å²) in [7, 11) is 1.50. The molecule has 3 heterocycles. The van der Waals surface area contributed by atoms with E-state index in [4.69, 9.17) is 17.0 Å². The lowest BCUT2D eigenvalue weighted by molar-refractivity contribution is 0.380. The Morgan fingerprint density at radius 3 is 2.51 bits per heavy atom. The minimum atomic E-state index is -0.417. The lowest BCUT2D eigenvalue weighted by atomic mass is 9.99. The monoisotopic (exact) mass is 490 g/mol. The molecule has 2 aromatic carbocycles. The summed E-state index contributed by atoms with van der Waals surface area (Å²) in [5.74, 6) is 0.385. The third-order valence-electron chi connectivity index (χ3n) is 5.97. The summed E-state index contributed by atoms with van der Waals surface area (Å²) in [6, 6.07) is 16.8. The van der Waals surface area contributed by atoms with E-state index in [2.05, 4.69) is 30.1 Å². The summed E-state index contributed by atoms with van der Waals surface area (Å²) in [6.07, 6.45) is 4.57. The largest absolute Gasteiger partial charge is 0.467 e. The van der Waals surface area contributed by atoms with Crippen LogP contribution in [0.4, 0.5) is 17.3 Å². The zero-order valence-electron chi connectivity index (χ0n) is 20.1. The predicted molar refractivity (Wildman–Crippen MR) is 142 cm³/mol. The van der Waals surface area contributed by atoms with Gasteiger partial charge in [-0.2, -0.15) is 0 Å². The van der Waals surface area contributed by atoms with Gasteiger partial charge in [0.2, 0.25) is 0 Å². The van der Waals surface area contributed by atoms with Crippen LogP contribution < -0.4 is 21.3 Å². The Morgan fingerprint density at radius 1 is 1.05 bits per heavy atom. The summed E-state index contributed by atoms with van der Waals surface area (Å²) < 4.78 is 6.74. The van der Waals surface area contributed by atoms with Crippen molar-refractivity contribution in [2.24, 2.45) is 0 Å². The molecule has 0 amide bonds. The van der Waals surface area contributed by atoms with Gasteiger partial charge in [0.1, 0.15) is 18.0 Å². The molecule has 0 aliphatic carbocycles. The molecule has 0 saturated carbocycles. The molecule has 37 heavy (non-hydrogen) atoms. The number of hydrogen-bond acceptors (Lipinski definition) is 8. The fraction of sp³-hybridized carbons (Fsp3) is 0.111. The Balaban J connectivity index is 1.73. The van der Waals surface area contributed by atoms with Gasteiger partial charge in [0, 0.05) is 29.3 Å². The van der Waals surface area contributed by atoms with Crippen LogP contribution in [0.1, 0.15) is 18.7 Å². The van der Waals surface area contributed by atoms with Crippen molar-refractivity contribution in [2.75, 3.05) is 18.2 Å². The van der Waals surface area contributed by atoms with Gasteiger partial charge < -0.3 is 15.8 Å². The van der Waals surface area contributed by atoms with Gasteiger partial charge in [0.05, 0.1) is 25.1 Å². The molecular weight excluding hydrogens is 468 g/mol. The normalized spacial score (nSPS) is 11.6. The Kier molecular flexibility index (Phi) is 6.18. The molecule has 0 aliphatic heterocycles. The van der Waals surface area contributed by atoms with Crippen LogP contribution in [-0.4, -0.2) is 31.6 Å². The highest BCUT2D eigenvalue weighted by atomic mass is 16.5. The molecule has 0 fully saturated rings. The molecule has 5 aromatic rings. The molecular formula is C27H22N8O2. The van der Waals surface area contributed by atoms with Gasteiger partial charge in [-0.1, -0.05) is 36.4 Å². The fourth-order valence-corrected chi connectivity index (χ4v) is 4.23. The number of nitrogens with zero attached hydrogens (tertiary/aromatic N) is 6. The van der Waals surface area contributed by atoms with Crippen LogP contribution in [0.3, 0.4) is 0 Å². The number of aromatic nitrogens is 5. The summed E-state index contributed by atoms with van der Waals surface area (Å²) in [5.41, 5.74) is 8.59. The zero-order chi connectivity index (χ0) is 25.9. The Hall–Kier alpha value is -5.30. The number of nitrogens with two attached hydrogens (primary N) is 1. The first-order valence-corrected chi connectivity index (χ1v) is 11.4. The highest BCUT2D eigenvalue weighted by Gasteiger charge is 2.20.